The van der Waals surface area contributed by atoms with E-state index in [1.54, 1.807) is 14.2 Å². The molecule has 7 heteroatoms. The maximum absolute atomic E-state index is 13.9. The summed E-state index contributed by atoms with van der Waals surface area (Å²) in [5, 5.41) is 0. The van der Waals surface area contributed by atoms with E-state index in [-0.39, 0.29) is 18.6 Å². The Kier molecular flexibility index (Phi) is 7.53. The van der Waals surface area contributed by atoms with E-state index >= 15 is 0 Å². The second-order valence-electron chi connectivity index (χ2n) is 8.12. The molecule has 1 fully saturated rings. The third-order valence-corrected chi connectivity index (χ3v) is 6.75. The van der Waals surface area contributed by atoms with Gasteiger partial charge in [-0.25, -0.2) is 9.69 Å². The lowest BCUT2D eigenvalue weighted by Crippen LogP contribution is -2.43. The van der Waals surface area contributed by atoms with Crippen LogP contribution in [0.15, 0.2) is 77.3 Å². The van der Waals surface area contributed by atoms with Crippen LogP contribution in [0, 0.1) is 0 Å². The number of amides is 2. The van der Waals surface area contributed by atoms with Crippen molar-refractivity contribution in [1.82, 2.24) is 4.90 Å². The zero-order valence-electron chi connectivity index (χ0n) is 19.1. The van der Waals surface area contributed by atoms with Gasteiger partial charge in [0.05, 0.1) is 26.2 Å². The van der Waals surface area contributed by atoms with Gasteiger partial charge in [0.15, 0.2) is 0 Å². The van der Waals surface area contributed by atoms with Crippen LogP contribution in [-0.4, -0.2) is 43.8 Å². The van der Waals surface area contributed by atoms with Gasteiger partial charge in [0.2, 0.25) is 5.91 Å². The van der Waals surface area contributed by atoms with Gasteiger partial charge in [0.1, 0.15) is 18.1 Å². The fourth-order valence-corrected chi connectivity index (χ4v) is 4.68. The molecule has 1 saturated heterocycles. The average Bonchev–Trinajstić information content (AvgIpc) is 3.23. The third-order valence-electron chi connectivity index (χ3n) is 6.01. The first kappa shape index (κ1) is 23.8. The molecule has 0 aromatic heterocycles. The molecule has 2 atom stereocenters. The summed E-state index contributed by atoms with van der Waals surface area (Å²) in [5.41, 5.74) is 2.77. The lowest BCUT2D eigenvalue weighted by molar-refractivity contribution is -0.130. The van der Waals surface area contributed by atoms with Crippen LogP contribution in [0.4, 0.5) is 4.79 Å². The van der Waals surface area contributed by atoms with E-state index in [1.807, 2.05) is 72.8 Å². The maximum atomic E-state index is 13.9. The van der Waals surface area contributed by atoms with E-state index in [0.717, 1.165) is 21.2 Å². The van der Waals surface area contributed by atoms with Crippen LogP contribution in [0.3, 0.4) is 0 Å². The molecule has 34 heavy (non-hydrogen) atoms. The SMILES string of the molecule is COc1ccc([C@H](Cc2ccc(OC)cc2Br)C(=O)N2C(=O)OC[C@H]2Cc2ccccc2)cc1. The Morgan fingerprint density at radius 1 is 1.03 bits per heavy atom. The molecule has 3 aromatic carbocycles. The summed E-state index contributed by atoms with van der Waals surface area (Å²) in [5.74, 6) is 0.549. The van der Waals surface area contributed by atoms with Crippen LogP contribution in [-0.2, 0) is 22.4 Å². The van der Waals surface area contributed by atoms with E-state index in [0.29, 0.717) is 24.3 Å². The number of cyclic esters (lactones) is 1. The topological polar surface area (TPSA) is 65.1 Å². The van der Waals surface area contributed by atoms with Crippen molar-refractivity contribution in [3.63, 3.8) is 0 Å². The fourth-order valence-electron chi connectivity index (χ4n) is 4.16. The fraction of sp³-hybridized carbons (Fsp3) is 0.259. The van der Waals surface area contributed by atoms with Crippen LogP contribution in [0.5, 0.6) is 11.5 Å². The van der Waals surface area contributed by atoms with E-state index in [9.17, 15) is 9.59 Å². The summed E-state index contributed by atoms with van der Waals surface area (Å²) in [7, 11) is 3.21. The molecule has 1 aliphatic heterocycles. The Hall–Kier alpha value is -3.32. The van der Waals surface area contributed by atoms with Crippen molar-refractivity contribution in [2.45, 2.75) is 24.8 Å². The number of carbonyl (C=O) groups is 2. The van der Waals surface area contributed by atoms with E-state index in [1.165, 1.54) is 4.90 Å². The van der Waals surface area contributed by atoms with Crippen molar-refractivity contribution in [2.24, 2.45) is 0 Å². The van der Waals surface area contributed by atoms with Crippen molar-refractivity contribution in [2.75, 3.05) is 20.8 Å². The summed E-state index contributed by atoms with van der Waals surface area (Å²) in [6, 6.07) is 22.5. The number of hydrogen-bond acceptors (Lipinski definition) is 5. The molecular formula is C27H26BrNO5. The highest BCUT2D eigenvalue weighted by Gasteiger charge is 2.41. The molecule has 0 radical (unpaired) electrons. The third kappa shape index (κ3) is 5.25. The molecule has 0 saturated carbocycles. The van der Waals surface area contributed by atoms with Crippen molar-refractivity contribution in [3.8, 4) is 11.5 Å². The number of ether oxygens (including phenoxy) is 3. The zero-order valence-corrected chi connectivity index (χ0v) is 20.7. The number of halogens is 1. The lowest BCUT2D eigenvalue weighted by Gasteiger charge is -2.26. The number of rotatable bonds is 8. The van der Waals surface area contributed by atoms with Gasteiger partial charge in [-0.2, -0.15) is 0 Å². The molecule has 0 spiro atoms. The van der Waals surface area contributed by atoms with Gasteiger partial charge < -0.3 is 14.2 Å². The van der Waals surface area contributed by atoms with Gasteiger partial charge in [-0.3, -0.25) is 4.79 Å². The highest BCUT2D eigenvalue weighted by Crippen LogP contribution is 2.32. The van der Waals surface area contributed by atoms with Crippen LogP contribution in [0.2, 0.25) is 0 Å². The van der Waals surface area contributed by atoms with Gasteiger partial charge in [-0.05, 0) is 53.8 Å². The molecule has 0 N–H and O–H groups in total. The predicted molar refractivity (Wildman–Crippen MR) is 132 cm³/mol. The van der Waals surface area contributed by atoms with Crippen molar-refractivity contribution < 1.29 is 23.8 Å². The summed E-state index contributed by atoms with van der Waals surface area (Å²) in [6.45, 7) is 0.182. The van der Waals surface area contributed by atoms with Gasteiger partial charge in [0, 0.05) is 4.47 Å². The summed E-state index contributed by atoms with van der Waals surface area (Å²) < 4.78 is 16.7. The second-order valence-corrected chi connectivity index (χ2v) is 8.97. The predicted octanol–water partition coefficient (Wildman–Crippen LogP) is 5.38. The second kappa shape index (κ2) is 10.7. The van der Waals surface area contributed by atoms with E-state index in [2.05, 4.69) is 15.9 Å². The first-order valence-corrected chi connectivity index (χ1v) is 11.8. The molecule has 2 amide bonds. The Morgan fingerprint density at radius 2 is 1.71 bits per heavy atom. The maximum Gasteiger partial charge on any atom is 0.417 e. The van der Waals surface area contributed by atoms with Gasteiger partial charge in [-0.1, -0.05) is 64.5 Å². The zero-order chi connectivity index (χ0) is 24.1. The molecule has 1 heterocycles. The molecule has 1 aliphatic rings. The molecule has 0 bridgehead atoms. The number of nitrogens with zero attached hydrogens (tertiary/aromatic N) is 1. The number of imide groups is 1. The number of benzene rings is 3. The summed E-state index contributed by atoms with van der Waals surface area (Å²) in [6.07, 6.45) is 0.343. The first-order chi connectivity index (χ1) is 16.5. The Bertz CT molecular complexity index is 1150. The van der Waals surface area contributed by atoms with Crippen molar-refractivity contribution >= 4 is 27.9 Å². The standard InChI is InChI=1S/C27H26BrNO5/c1-32-22-11-8-19(9-12-22)24(15-20-10-13-23(33-2)16-25(20)28)26(30)29-21(17-34-27(29)31)14-18-6-4-3-5-7-18/h3-13,16,21,24H,14-15,17H2,1-2H3/t21-,24+/m1/s1. The minimum absolute atomic E-state index is 0.182. The van der Waals surface area contributed by atoms with Crippen molar-refractivity contribution in [1.29, 1.82) is 0 Å². The average molecular weight is 524 g/mol. The van der Waals surface area contributed by atoms with Crippen LogP contribution in [0.1, 0.15) is 22.6 Å². The monoisotopic (exact) mass is 523 g/mol. The molecule has 0 unspecified atom stereocenters. The first-order valence-electron chi connectivity index (χ1n) is 11.0. The van der Waals surface area contributed by atoms with E-state index < -0.39 is 12.0 Å². The largest absolute Gasteiger partial charge is 0.497 e. The molecule has 176 valence electrons. The molecule has 6 nitrogen and oxygen atoms in total. The Labute approximate surface area is 207 Å². The van der Waals surface area contributed by atoms with E-state index in [4.69, 9.17) is 14.2 Å². The number of hydrogen-bond donors (Lipinski definition) is 0. The summed E-state index contributed by atoms with van der Waals surface area (Å²) in [4.78, 5) is 27.9. The number of carbonyl (C=O) groups excluding carboxylic acids is 2. The Morgan fingerprint density at radius 3 is 2.35 bits per heavy atom. The van der Waals surface area contributed by atoms with Gasteiger partial charge in [-0.15, -0.1) is 0 Å². The highest BCUT2D eigenvalue weighted by molar-refractivity contribution is 9.10. The van der Waals surface area contributed by atoms with Gasteiger partial charge >= 0.3 is 6.09 Å². The Balaban J connectivity index is 1.66. The summed E-state index contributed by atoms with van der Waals surface area (Å²) >= 11 is 3.60. The normalized spacial score (nSPS) is 16.1. The molecule has 0 aliphatic carbocycles. The smallest absolute Gasteiger partial charge is 0.417 e. The van der Waals surface area contributed by atoms with Crippen LogP contribution in [0.25, 0.3) is 0 Å². The van der Waals surface area contributed by atoms with Gasteiger partial charge in [0.25, 0.3) is 0 Å². The minimum Gasteiger partial charge on any atom is -0.497 e. The quantitative estimate of drug-likeness (QED) is 0.396. The molecule has 4 rings (SSSR count). The van der Waals surface area contributed by atoms with Crippen LogP contribution >= 0.6 is 15.9 Å². The van der Waals surface area contributed by atoms with Crippen molar-refractivity contribution in [3.05, 3.63) is 94.0 Å². The highest BCUT2D eigenvalue weighted by atomic mass is 79.9. The number of methoxy groups -OCH3 is 2. The molecular weight excluding hydrogens is 498 g/mol. The lowest BCUT2D eigenvalue weighted by atomic mass is 9.90. The molecule has 3 aromatic rings. The minimum atomic E-state index is -0.599. The van der Waals surface area contributed by atoms with Crippen LogP contribution < -0.4 is 9.47 Å².